The number of piperidine rings is 1. The van der Waals surface area contributed by atoms with Crippen LogP contribution in [0.1, 0.15) is 98.5 Å². The van der Waals surface area contributed by atoms with Gasteiger partial charge in [0.2, 0.25) is 5.95 Å². The summed E-state index contributed by atoms with van der Waals surface area (Å²) in [5, 5.41) is 0. The molecule has 6 heteroatoms. The Morgan fingerprint density at radius 1 is 0.944 bits per heavy atom. The number of anilines is 1. The zero-order chi connectivity index (χ0) is 26.1. The van der Waals surface area contributed by atoms with E-state index in [0.29, 0.717) is 24.2 Å². The molecule has 0 spiro atoms. The van der Waals surface area contributed by atoms with E-state index in [9.17, 15) is 0 Å². The third-order valence-electron chi connectivity index (χ3n) is 9.16. The van der Waals surface area contributed by atoms with E-state index in [4.69, 9.17) is 9.97 Å². The highest BCUT2D eigenvalue weighted by Gasteiger charge is 2.35. The molecule has 3 rings (SSSR count). The average molecular weight is 501 g/mol. The van der Waals surface area contributed by atoms with E-state index in [1.54, 1.807) is 0 Å². The molecule has 0 aromatic carbocycles. The van der Waals surface area contributed by atoms with Gasteiger partial charge >= 0.3 is 0 Å². The Morgan fingerprint density at radius 3 is 2.06 bits per heavy atom. The second kappa shape index (κ2) is 14.6. The first kappa shape index (κ1) is 29.3. The lowest BCUT2D eigenvalue weighted by atomic mass is 9.97. The third kappa shape index (κ3) is 7.64. The molecule has 1 aromatic heterocycles. The fourth-order valence-corrected chi connectivity index (χ4v) is 6.41. The molecule has 0 aliphatic carbocycles. The quantitative estimate of drug-likeness (QED) is 0.347. The summed E-state index contributed by atoms with van der Waals surface area (Å²) in [5.41, 5.74) is 1.23. The number of likely N-dealkylation sites (tertiary alicyclic amines) is 1. The van der Waals surface area contributed by atoms with Crippen molar-refractivity contribution in [2.24, 2.45) is 5.92 Å². The molecule has 4 atom stereocenters. The Bertz CT molecular complexity index is 717. The molecule has 4 unspecified atom stereocenters. The SMILES string of the molecule is CCCC(CC)CN1CCC(N(C)Cc2cnc(N3C(CC)CN(C(C)CC)CC3CC)nc2)CC1. The van der Waals surface area contributed by atoms with Crippen LogP contribution in [0.4, 0.5) is 5.95 Å². The van der Waals surface area contributed by atoms with Gasteiger partial charge in [0.25, 0.3) is 0 Å². The van der Waals surface area contributed by atoms with E-state index < -0.39 is 0 Å². The molecule has 0 amide bonds. The van der Waals surface area contributed by atoms with Crippen LogP contribution in [-0.4, -0.2) is 88.6 Å². The van der Waals surface area contributed by atoms with Gasteiger partial charge in [-0.05, 0) is 71.5 Å². The fraction of sp³-hybridized carbons (Fsp3) is 0.867. The molecule has 2 saturated heterocycles. The number of piperazine rings is 1. The van der Waals surface area contributed by atoms with Crippen molar-refractivity contribution < 1.29 is 0 Å². The standard InChI is InChI=1S/C30H56N6/c1-8-13-25(10-3)21-34-16-14-29(15-17-34)33(7)20-26-18-31-30(32-19-26)36-27(11-4)22-35(24(6)9-2)23-28(36)12-5/h18-19,24-25,27-29H,8-17,20-23H2,1-7H3. The van der Waals surface area contributed by atoms with Crippen LogP contribution in [0.25, 0.3) is 0 Å². The van der Waals surface area contributed by atoms with Gasteiger partial charge in [-0.25, -0.2) is 9.97 Å². The molecule has 2 aliphatic rings. The van der Waals surface area contributed by atoms with Gasteiger partial charge in [-0.1, -0.05) is 47.5 Å². The van der Waals surface area contributed by atoms with Crippen LogP contribution in [-0.2, 0) is 6.54 Å². The van der Waals surface area contributed by atoms with Gasteiger partial charge in [0.15, 0.2) is 0 Å². The summed E-state index contributed by atoms with van der Waals surface area (Å²) >= 11 is 0. The fourth-order valence-electron chi connectivity index (χ4n) is 6.41. The van der Waals surface area contributed by atoms with E-state index >= 15 is 0 Å². The van der Waals surface area contributed by atoms with Crippen molar-refractivity contribution in [1.29, 1.82) is 0 Å². The zero-order valence-corrected chi connectivity index (χ0v) is 24.6. The third-order valence-corrected chi connectivity index (χ3v) is 9.16. The molecule has 3 heterocycles. The van der Waals surface area contributed by atoms with Crippen molar-refractivity contribution >= 4 is 5.95 Å². The summed E-state index contributed by atoms with van der Waals surface area (Å²) in [6.07, 6.45) is 14.2. The van der Waals surface area contributed by atoms with Gasteiger partial charge in [-0.3, -0.25) is 9.80 Å². The first-order chi connectivity index (χ1) is 17.4. The molecule has 36 heavy (non-hydrogen) atoms. The lowest BCUT2D eigenvalue weighted by molar-refractivity contribution is 0.109. The Labute approximate surface area is 222 Å². The summed E-state index contributed by atoms with van der Waals surface area (Å²) in [5.74, 6) is 1.80. The first-order valence-corrected chi connectivity index (χ1v) is 15.2. The predicted octanol–water partition coefficient (Wildman–Crippen LogP) is 5.68. The van der Waals surface area contributed by atoms with Crippen molar-refractivity contribution in [1.82, 2.24) is 24.7 Å². The Balaban J connectivity index is 1.55. The van der Waals surface area contributed by atoms with Crippen LogP contribution >= 0.6 is 0 Å². The maximum Gasteiger partial charge on any atom is 0.225 e. The number of hydrogen-bond acceptors (Lipinski definition) is 6. The highest BCUT2D eigenvalue weighted by molar-refractivity contribution is 5.35. The molecule has 0 bridgehead atoms. The summed E-state index contributed by atoms with van der Waals surface area (Å²) in [4.78, 5) is 20.3. The molecular formula is C30H56N6. The van der Waals surface area contributed by atoms with E-state index in [0.717, 1.165) is 44.3 Å². The van der Waals surface area contributed by atoms with Gasteiger partial charge in [0, 0.05) is 68.3 Å². The van der Waals surface area contributed by atoms with Crippen molar-refractivity contribution in [2.75, 3.05) is 44.7 Å². The minimum absolute atomic E-state index is 0.487. The lowest BCUT2D eigenvalue weighted by Gasteiger charge is -2.48. The first-order valence-electron chi connectivity index (χ1n) is 15.2. The van der Waals surface area contributed by atoms with Gasteiger partial charge in [-0.15, -0.1) is 0 Å². The zero-order valence-electron chi connectivity index (χ0n) is 24.6. The summed E-state index contributed by atoms with van der Waals surface area (Å²) < 4.78 is 0. The van der Waals surface area contributed by atoms with Crippen molar-refractivity contribution in [3.63, 3.8) is 0 Å². The summed E-state index contributed by atoms with van der Waals surface area (Å²) in [7, 11) is 2.29. The van der Waals surface area contributed by atoms with Crippen molar-refractivity contribution in [2.45, 2.75) is 124 Å². The van der Waals surface area contributed by atoms with Crippen LogP contribution in [0.15, 0.2) is 12.4 Å². The Kier molecular flexibility index (Phi) is 11.9. The Hall–Kier alpha value is -1.24. The second-order valence-corrected chi connectivity index (χ2v) is 11.6. The maximum atomic E-state index is 4.92. The van der Waals surface area contributed by atoms with Crippen LogP contribution in [0, 0.1) is 5.92 Å². The minimum Gasteiger partial charge on any atom is -0.332 e. The van der Waals surface area contributed by atoms with Crippen molar-refractivity contribution in [3.05, 3.63) is 18.0 Å². The molecule has 0 radical (unpaired) electrons. The predicted molar refractivity (Wildman–Crippen MR) is 154 cm³/mol. The monoisotopic (exact) mass is 500 g/mol. The number of hydrogen-bond donors (Lipinski definition) is 0. The van der Waals surface area contributed by atoms with Crippen LogP contribution < -0.4 is 4.90 Å². The van der Waals surface area contributed by atoms with Crippen LogP contribution in [0.5, 0.6) is 0 Å². The highest BCUT2D eigenvalue weighted by Crippen LogP contribution is 2.27. The van der Waals surface area contributed by atoms with Crippen LogP contribution in [0.2, 0.25) is 0 Å². The molecule has 2 aliphatic heterocycles. The number of nitrogens with zero attached hydrogens (tertiary/aromatic N) is 6. The molecule has 6 nitrogen and oxygen atoms in total. The molecule has 0 saturated carbocycles. The van der Waals surface area contributed by atoms with Gasteiger partial charge < -0.3 is 9.80 Å². The molecule has 2 fully saturated rings. The molecule has 1 aromatic rings. The largest absolute Gasteiger partial charge is 0.332 e. The minimum atomic E-state index is 0.487. The van der Waals surface area contributed by atoms with E-state index in [1.165, 1.54) is 63.7 Å². The normalized spacial score (nSPS) is 24.4. The van der Waals surface area contributed by atoms with E-state index in [-0.39, 0.29) is 0 Å². The van der Waals surface area contributed by atoms with Gasteiger partial charge in [0.05, 0.1) is 0 Å². The topological polar surface area (TPSA) is 38.7 Å². The second-order valence-electron chi connectivity index (χ2n) is 11.6. The molecular weight excluding hydrogens is 444 g/mol. The summed E-state index contributed by atoms with van der Waals surface area (Å²) in [6, 6.07) is 2.28. The number of rotatable bonds is 13. The summed E-state index contributed by atoms with van der Waals surface area (Å²) in [6.45, 7) is 20.9. The molecule has 0 N–H and O–H groups in total. The van der Waals surface area contributed by atoms with Gasteiger partial charge in [0.1, 0.15) is 0 Å². The maximum absolute atomic E-state index is 4.92. The Morgan fingerprint density at radius 2 is 1.56 bits per heavy atom. The van der Waals surface area contributed by atoms with Crippen LogP contribution in [0.3, 0.4) is 0 Å². The van der Waals surface area contributed by atoms with Gasteiger partial charge in [-0.2, -0.15) is 0 Å². The van der Waals surface area contributed by atoms with E-state index in [1.807, 2.05) is 0 Å². The molecule has 206 valence electrons. The van der Waals surface area contributed by atoms with E-state index in [2.05, 4.69) is 80.6 Å². The smallest absolute Gasteiger partial charge is 0.225 e. The van der Waals surface area contributed by atoms with Crippen molar-refractivity contribution in [3.8, 4) is 0 Å². The highest BCUT2D eigenvalue weighted by atomic mass is 15.4. The lowest BCUT2D eigenvalue weighted by Crippen LogP contribution is -2.60. The number of aromatic nitrogens is 2. The average Bonchev–Trinajstić information content (AvgIpc) is 2.92.